The predicted molar refractivity (Wildman–Crippen MR) is 100 cm³/mol. The molecule has 0 radical (unpaired) electrons. The molecule has 1 fully saturated rings. The maximum atomic E-state index is 12.0. The number of hydrogen-bond donors (Lipinski definition) is 2. The highest BCUT2D eigenvalue weighted by atomic mass is 35.5. The summed E-state index contributed by atoms with van der Waals surface area (Å²) in [7, 11) is 0. The molecule has 8 heteroatoms. The van der Waals surface area contributed by atoms with Gasteiger partial charge in [0.05, 0.1) is 19.7 Å². The van der Waals surface area contributed by atoms with Gasteiger partial charge in [-0.15, -0.1) is 0 Å². The molecular weight excluding hydrogens is 370 g/mol. The average Bonchev–Trinajstić information content (AvgIpc) is 2.96. The van der Waals surface area contributed by atoms with Crippen molar-refractivity contribution in [2.24, 2.45) is 0 Å². The van der Waals surface area contributed by atoms with Gasteiger partial charge in [-0.25, -0.2) is 4.79 Å². The van der Waals surface area contributed by atoms with Gasteiger partial charge in [-0.2, -0.15) is 0 Å². The number of ether oxygens (including phenoxy) is 1. The maximum Gasteiger partial charge on any atom is 0.324 e. The summed E-state index contributed by atoms with van der Waals surface area (Å²) in [6.45, 7) is 0.275. The minimum absolute atomic E-state index is 0.0119. The third kappa shape index (κ3) is 5.06. The monoisotopic (exact) mass is 387 g/mol. The zero-order chi connectivity index (χ0) is 19.2. The Hall–Kier alpha value is -2.90. The maximum absolute atomic E-state index is 12.0. The molecule has 1 saturated heterocycles. The lowest BCUT2D eigenvalue weighted by Crippen LogP contribution is -2.30. The Morgan fingerprint density at radius 3 is 2.74 bits per heavy atom. The lowest BCUT2D eigenvalue weighted by Gasteiger charge is -2.13. The smallest absolute Gasteiger partial charge is 0.324 e. The third-order valence-electron chi connectivity index (χ3n) is 3.94. The van der Waals surface area contributed by atoms with E-state index >= 15 is 0 Å². The lowest BCUT2D eigenvalue weighted by atomic mass is 10.2. The fraction of sp³-hybridized carbons (Fsp3) is 0.211. The number of carbonyl (C=O) groups is 3. The fourth-order valence-corrected chi connectivity index (χ4v) is 2.80. The van der Waals surface area contributed by atoms with Crippen LogP contribution in [-0.2, 0) is 27.5 Å². The van der Waals surface area contributed by atoms with E-state index in [1.165, 1.54) is 0 Å². The first-order chi connectivity index (χ1) is 13.0. The molecule has 2 N–H and O–H groups in total. The molecule has 0 aromatic heterocycles. The van der Waals surface area contributed by atoms with Crippen LogP contribution < -0.4 is 10.6 Å². The average molecular weight is 388 g/mol. The van der Waals surface area contributed by atoms with Gasteiger partial charge >= 0.3 is 6.03 Å². The van der Waals surface area contributed by atoms with Crippen LogP contribution in [0.4, 0.5) is 10.5 Å². The Labute approximate surface area is 161 Å². The highest BCUT2D eigenvalue weighted by Crippen LogP contribution is 2.16. The molecule has 27 heavy (non-hydrogen) atoms. The molecule has 2 aromatic carbocycles. The molecule has 7 nitrogen and oxygen atoms in total. The summed E-state index contributed by atoms with van der Waals surface area (Å²) in [6.07, 6.45) is 0. The highest BCUT2D eigenvalue weighted by Gasteiger charge is 2.28. The molecule has 1 aliphatic heterocycles. The van der Waals surface area contributed by atoms with Gasteiger partial charge in [0.1, 0.15) is 6.61 Å². The summed E-state index contributed by atoms with van der Waals surface area (Å²) in [6, 6.07) is 13.8. The van der Waals surface area contributed by atoms with Crippen molar-refractivity contribution in [3.8, 4) is 0 Å². The van der Waals surface area contributed by atoms with Crippen molar-refractivity contribution in [1.29, 1.82) is 0 Å². The van der Waals surface area contributed by atoms with Crippen LogP contribution in [0.15, 0.2) is 48.5 Å². The molecule has 3 rings (SSSR count). The second-order valence-electron chi connectivity index (χ2n) is 5.97. The van der Waals surface area contributed by atoms with Crippen LogP contribution >= 0.6 is 11.6 Å². The van der Waals surface area contributed by atoms with Crippen LogP contribution in [0.5, 0.6) is 0 Å². The molecule has 0 atom stereocenters. The number of amides is 4. The van der Waals surface area contributed by atoms with Crippen LogP contribution in [0, 0.1) is 0 Å². The molecule has 0 bridgehead atoms. The molecule has 0 aliphatic carbocycles. The van der Waals surface area contributed by atoms with Crippen molar-refractivity contribution in [1.82, 2.24) is 10.2 Å². The number of nitrogens with zero attached hydrogens (tertiary/aromatic N) is 1. The van der Waals surface area contributed by atoms with E-state index in [2.05, 4.69) is 10.6 Å². The first-order valence-corrected chi connectivity index (χ1v) is 8.69. The van der Waals surface area contributed by atoms with E-state index in [4.69, 9.17) is 16.3 Å². The topological polar surface area (TPSA) is 87.7 Å². The van der Waals surface area contributed by atoms with E-state index in [1.54, 1.807) is 30.3 Å². The molecule has 0 spiro atoms. The second-order valence-corrected chi connectivity index (χ2v) is 6.38. The quantitative estimate of drug-likeness (QED) is 0.715. The largest absolute Gasteiger partial charge is 0.367 e. The van der Waals surface area contributed by atoms with Gasteiger partial charge in [0.2, 0.25) is 11.8 Å². The molecule has 1 aliphatic rings. The van der Waals surface area contributed by atoms with Crippen LogP contribution in [0.1, 0.15) is 11.1 Å². The first-order valence-electron chi connectivity index (χ1n) is 8.31. The Balaban J connectivity index is 1.51. The van der Waals surface area contributed by atoms with Crippen LogP contribution in [-0.4, -0.2) is 35.9 Å². The fourth-order valence-electron chi connectivity index (χ4n) is 2.61. The zero-order valence-corrected chi connectivity index (χ0v) is 15.2. The van der Waals surface area contributed by atoms with Gasteiger partial charge in [0.25, 0.3) is 0 Å². The van der Waals surface area contributed by atoms with Gasteiger partial charge in [-0.1, -0.05) is 41.9 Å². The Morgan fingerprint density at radius 2 is 2.00 bits per heavy atom. The van der Waals surface area contributed by atoms with E-state index in [0.29, 0.717) is 10.7 Å². The Morgan fingerprint density at radius 1 is 1.19 bits per heavy atom. The number of imide groups is 1. The number of benzene rings is 2. The van der Waals surface area contributed by atoms with Gasteiger partial charge in [0, 0.05) is 10.7 Å². The van der Waals surface area contributed by atoms with Crippen LogP contribution in [0.3, 0.4) is 0 Å². The number of carbonyl (C=O) groups excluding carboxylic acids is 3. The predicted octanol–water partition coefficient (Wildman–Crippen LogP) is 2.55. The Bertz CT molecular complexity index is 856. The molecule has 140 valence electrons. The SMILES string of the molecule is O=C(COCc1ccccc1Cl)Nc1cccc(CN2C(=O)CNC2=O)c1. The summed E-state index contributed by atoms with van der Waals surface area (Å²) in [5, 5.41) is 5.79. The summed E-state index contributed by atoms with van der Waals surface area (Å²) < 4.78 is 5.40. The van der Waals surface area contributed by atoms with Crippen molar-refractivity contribution in [3.63, 3.8) is 0 Å². The molecule has 1 heterocycles. The van der Waals surface area contributed by atoms with Crippen LogP contribution in [0.2, 0.25) is 5.02 Å². The van der Waals surface area contributed by atoms with Crippen molar-refractivity contribution in [2.75, 3.05) is 18.5 Å². The van der Waals surface area contributed by atoms with Gasteiger partial charge < -0.3 is 15.4 Å². The van der Waals surface area contributed by atoms with Crippen molar-refractivity contribution in [2.45, 2.75) is 13.2 Å². The summed E-state index contributed by atoms with van der Waals surface area (Å²) in [5.41, 5.74) is 2.10. The van der Waals surface area contributed by atoms with E-state index in [-0.39, 0.29) is 38.1 Å². The van der Waals surface area contributed by atoms with Gasteiger partial charge in [-0.3, -0.25) is 14.5 Å². The molecule has 4 amide bonds. The number of urea groups is 1. The van der Waals surface area contributed by atoms with E-state index in [0.717, 1.165) is 16.0 Å². The van der Waals surface area contributed by atoms with Crippen molar-refractivity contribution in [3.05, 3.63) is 64.7 Å². The number of anilines is 1. The first kappa shape index (κ1) is 18.9. The normalized spacial score (nSPS) is 13.6. The number of nitrogens with one attached hydrogen (secondary N) is 2. The minimum atomic E-state index is -0.414. The standard InChI is InChI=1S/C19H18ClN3O4/c20-16-7-2-1-5-14(16)11-27-12-17(24)22-15-6-3-4-13(8-15)10-23-18(25)9-21-19(23)26/h1-8H,9-12H2,(H,21,26)(H,22,24). The molecule has 0 unspecified atom stereocenters. The van der Waals surface area contributed by atoms with E-state index in [1.807, 2.05) is 18.2 Å². The van der Waals surface area contributed by atoms with Crippen molar-refractivity contribution < 1.29 is 19.1 Å². The van der Waals surface area contributed by atoms with Crippen molar-refractivity contribution >= 4 is 35.1 Å². The molecule has 0 saturated carbocycles. The number of hydrogen-bond acceptors (Lipinski definition) is 4. The summed E-state index contributed by atoms with van der Waals surface area (Å²) in [4.78, 5) is 36.4. The van der Waals surface area contributed by atoms with E-state index in [9.17, 15) is 14.4 Å². The van der Waals surface area contributed by atoms with Gasteiger partial charge in [0.15, 0.2) is 0 Å². The number of rotatable bonds is 7. The number of halogens is 1. The molecule has 2 aromatic rings. The summed E-state index contributed by atoms with van der Waals surface area (Å²) >= 11 is 6.04. The molecular formula is C19H18ClN3O4. The third-order valence-corrected chi connectivity index (χ3v) is 4.31. The summed E-state index contributed by atoms with van der Waals surface area (Å²) in [5.74, 6) is -0.586. The van der Waals surface area contributed by atoms with Gasteiger partial charge in [-0.05, 0) is 29.3 Å². The highest BCUT2D eigenvalue weighted by molar-refractivity contribution is 6.31. The van der Waals surface area contributed by atoms with Crippen LogP contribution in [0.25, 0.3) is 0 Å². The Kier molecular flexibility index (Phi) is 6.05. The van der Waals surface area contributed by atoms with E-state index < -0.39 is 6.03 Å². The second kappa shape index (κ2) is 8.66. The zero-order valence-electron chi connectivity index (χ0n) is 14.4. The lowest BCUT2D eigenvalue weighted by molar-refractivity contribution is -0.125. The minimum Gasteiger partial charge on any atom is -0.367 e.